The maximum absolute atomic E-state index is 12.5. The van der Waals surface area contributed by atoms with Crippen LogP contribution >= 0.6 is 0 Å². The van der Waals surface area contributed by atoms with Crippen LogP contribution in [0.1, 0.15) is 66.2 Å². The molecule has 0 radical (unpaired) electrons. The molecule has 152 valence electrons. The van der Waals surface area contributed by atoms with Crippen LogP contribution in [-0.4, -0.2) is 66.3 Å². The second-order valence-electron chi connectivity index (χ2n) is 7.71. The molecule has 1 saturated heterocycles. The van der Waals surface area contributed by atoms with Gasteiger partial charge in [-0.15, -0.1) is 0 Å². The minimum Gasteiger partial charge on any atom is -0.459 e. The Hall–Kier alpha value is -1.86. The number of nitrogens with zero attached hydrogens (tertiary/aromatic N) is 1. The Bertz CT molecular complexity index is 658. The molecule has 0 saturated carbocycles. The van der Waals surface area contributed by atoms with Gasteiger partial charge in [0.05, 0.1) is 23.9 Å². The van der Waals surface area contributed by atoms with E-state index >= 15 is 0 Å². The lowest BCUT2D eigenvalue weighted by atomic mass is 10.1. The standard InChI is InChI=1S/C20H33N3O4/c1-12(2)26-20(25)17-15(5)18(22-16(17)6)19(24)21-8-7-9-23-10-13(3)27-14(4)11-23/h12-14,22H,7-11H2,1-6H3,(H,21,24). The number of hydrogen-bond donors (Lipinski definition) is 2. The van der Waals surface area contributed by atoms with Crippen molar-refractivity contribution in [3.8, 4) is 0 Å². The number of carbonyl (C=O) groups is 2. The van der Waals surface area contributed by atoms with Gasteiger partial charge in [0.1, 0.15) is 5.69 Å². The Morgan fingerprint density at radius 3 is 2.48 bits per heavy atom. The summed E-state index contributed by atoms with van der Waals surface area (Å²) in [5, 5.41) is 2.94. The third-order valence-electron chi connectivity index (χ3n) is 4.64. The summed E-state index contributed by atoms with van der Waals surface area (Å²) < 4.78 is 11.0. The molecule has 2 heterocycles. The summed E-state index contributed by atoms with van der Waals surface area (Å²) in [6, 6.07) is 0. The van der Waals surface area contributed by atoms with E-state index < -0.39 is 5.97 Å². The van der Waals surface area contributed by atoms with Gasteiger partial charge in [0.2, 0.25) is 0 Å². The van der Waals surface area contributed by atoms with Crippen molar-refractivity contribution in [3.05, 3.63) is 22.5 Å². The van der Waals surface area contributed by atoms with Gasteiger partial charge < -0.3 is 19.8 Å². The summed E-state index contributed by atoms with van der Waals surface area (Å²) in [6.45, 7) is 14.7. The summed E-state index contributed by atoms with van der Waals surface area (Å²) in [5.41, 5.74) is 2.16. The fraction of sp³-hybridized carbons (Fsp3) is 0.700. The zero-order chi connectivity index (χ0) is 20.1. The summed E-state index contributed by atoms with van der Waals surface area (Å²) in [6.07, 6.45) is 1.16. The van der Waals surface area contributed by atoms with Gasteiger partial charge in [-0.1, -0.05) is 0 Å². The van der Waals surface area contributed by atoms with E-state index in [0.29, 0.717) is 29.1 Å². The molecule has 0 bridgehead atoms. The van der Waals surface area contributed by atoms with Gasteiger partial charge in [-0.3, -0.25) is 9.69 Å². The van der Waals surface area contributed by atoms with Crippen LogP contribution < -0.4 is 5.32 Å². The van der Waals surface area contributed by atoms with Crippen LogP contribution in [0.4, 0.5) is 0 Å². The first-order valence-corrected chi connectivity index (χ1v) is 9.75. The molecule has 1 aliphatic rings. The number of nitrogens with one attached hydrogen (secondary N) is 2. The van der Waals surface area contributed by atoms with Crippen LogP contribution in [0.3, 0.4) is 0 Å². The highest BCUT2D eigenvalue weighted by atomic mass is 16.5. The second kappa shape index (κ2) is 9.37. The van der Waals surface area contributed by atoms with Crippen molar-refractivity contribution >= 4 is 11.9 Å². The van der Waals surface area contributed by atoms with Gasteiger partial charge >= 0.3 is 5.97 Å². The molecular weight excluding hydrogens is 346 g/mol. The summed E-state index contributed by atoms with van der Waals surface area (Å²) in [7, 11) is 0. The zero-order valence-electron chi connectivity index (χ0n) is 17.3. The molecule has 1 amide bonds. The minimum absolute atomic E-state index is 0.192. The van der Waals surface area contributed by atoms with Crippen molar-refractivity contribution in [3.63, 3.8) is 0 Å². The molecule has 2 unspecified atom stereocenters. The molecule has 7 heteroatoms. The third kappa shape index (κ3) is 5.81. The van der Waals surface area contributed by atoms with E-state index in [4.69, 9.17) is 9.47 Å². The Morgan fingerprint density at radius 2 is 1.89 bits per heavy atom. The van der Waals surface area contributed by atoms with Crippen molar-refractivity contribution in [2.45, 2.75) is 66.3 Å². The second-order valence-corrected chi connectivity index (χ2v) is 7.71. The number of aryl methyl sites for hydroxylation is 1. The quantitative estimate of drug-likeness (QED) is 0.561. The lowest BCUT2D eigenvalue weighted by Crippen LogP contribution is -2.46. The lowest BCUT2D eigenvalue weighted by Gasteiger charge is -2.35. The van der Waals surface area contributed by atoms with Crippen molar-refractivity contribution in [1.29, 1.82) is 0 Å². The van der Waals surface area contributed by atoms with Crippen LogP contribution in [0.5, 0.6) is 0 Å². The maximum Gasteiger partial charge on any atom is 0.340 e. The van der Waals surface area contributed by atoms with E-state index in [1.165, 1.54) is 0 Å². The van der Waals surface area contributed by atoms with Crippen LogP contribution in [0.15, 0.2) is 0 Å². The van der Waals surface area contributed by atoms with Gasteiger partial charge in [0, 0.05) is 31.9 Å². The van der Waals surface area contributed by atoms with Gasteiger partial charge in [0.15, 0.2) is 0 Å². The van der Waals surface area contributed by atoms with Gasteiger partial charge in [-0.25, -0.2) is 4.79 Å². The molecule has 0 spiro atoms. The number of amides is 1. The summed E-state index contributed by atoms with van der Waals surface area (Å²) in [4.78, 5) is 30.1. The number of esters is 1. The predicted octanol–water partition coefficient (Wildman–Crippen LogP) is 2.43. The molecule has 2 atom stereocenters. The average molecular weight is 380 g/mol. The van der Waals surface area contributed by atoms with E-state index in [9.17, 15) is 9.59 Å². The maximum atomic E-state index is 12.5. The molecule has 27 heavy (non-hydrogen) atoms. The van der Waals surface area contributed by atoms with E-state index in [1.807, 2.05) is 0 Å². The van der Waals surface area contributed by atoms with Crippen molar-refractivity contribution in [2.75, 3.05) is 26.2 Å². The van der Waals surface area contributed by atoms with E-state index in [2.05, 4.69) is 29.0 Å². The van der Waals surface area contributed by atoms with Gasteiger partial charge in [0.25, 0.3) is 5.91 Å². The lowest BCUT2D eigenvalue weighted by molar-refractivity contribution is -0.0680. The Kier molecular flexibility index (Phi) is 7.44. The number of morpholine rings is 1. The average Bonchev–Trinajstić information content (AvgIpc) is 2.84. The zero-order valence-corrected chi connectivity index (χ0v) is 17.3. The fourth-order valence-electron chi connectivity index (χ4n) is 3.62. The molecule has 1 fully saturated rings. The number of rotatable bonds is 7. The van der Waals surface area contributed by atoms with Gasteiger partial charge in [-0.2, -0.15) is 0 Å². The topological polar surface area (TPSA) is 83.7 Å². The van der Waals surface area contributed by atoms with E-state index in [-0.39, 0.29) is 24.2 Å². The molecule has 2 N–H and O–H groups in total. The molecule has 1 aliphatic heterocycles. The molecule has 7 nitrogen and oxygen atoms in total. The normalized spacial score (nSPS) is 20.7. The highest BCUT2D eigenvalue weighted by molar-refractivity contribution is 6.00. The minimum atomic E-state index is -0.397. The number of ether oxygens (including phenoxy) is 2. The monoisotopic (exact) mass is 379 g/mol. The van der Waals surface area contributed by atoms with Gasteiger partial charge in [-0.05, 0) is 53.5 Å². The van der Waals surface area contributed by atoms with Crippen molar-refractivity contribution < 1.29 is 19.1 Å². The molecule has 0 aromatic carbocycles. The van der Waals surface area contributed by atoms with E-state index in [0.717, 1.165) is 26.1 Å². The van der Waals surface area contributed by atoms with Crippen LogP contribution in [0.2, 0.25) is 0 Å². The third-order valence-corrected chi connectivity index (χ3v) is 4.64. The highest BCUT2D eigenvalue weighted by Gasteiger charge is 2.24. The number of aromatic amines is 1. The number of aromatic nitrogens is 1. The SMILES string of the molecule is Cc1[nH]c(C(=O)NCCCN2CC(C)OC(C)C2)c(C)c1C(=O)OC(C)C. The Morgan fingerprint density at radius 1 is 1.26 bits per heavy atom. The first-order chi connectivity index (χ1) is 12.7. The highest BCUT2D eigenvalue weighted by Crippen LogP contribution is 2.19. The fourth-order valence-corrected chi connectivity index (χ4v) is 3.62. The first-order valence-electron chi connectivity index (χ1n) is 9.75. The Balaban J connectivity index is 1.86. The van der Waals surface area contributed by atoms with E-state index in [1.54, 1.807) is 27.7 Å². The summed E-state index contributed by atoms with van der Waals surface area (Å²) in [5.74, 6) is -0.589. The molecule has 0 aliphatic carbocycles. The molecule has 2 rings (SSSR count). The molecule has 1 aromatic rings. The molecule has 1 aromatic heterocycles. The molecular formula is C20H33N3O4. The largest absolute Gasteiger partial charge is 0.459 e. The summed E-state index contributed by atoms with van der Waals surface area (Å²) >= 11 is 0. The first kappa shape index (κ1) is 21.4. The van der Waals surface area contributed by atoms with Crippen LogP contribution in [0, 0.1) is 13.8 Å². The number of carbonyl (C=O) groups excluding carboxylic acids is 2. The predicted molar refractivity (Wildman–Crippen MR) is 104 cm³/mol. The Labute approximate surface area is 161 Å². The van der Waals surface area contributed by atoms with Crippen LogP contribution in [0.25, 0.3) is 0 Å². The van der Waals surface area contributed by atoms with Crippen molar-refractivity contribution in [2.24, 2.45) is 0 Å². The van der Waals surface area contributed by atoms with Crippen LogP contribution in [-0.2, 0) is 9.47 Å². The van der Waals surface area contributed by atoms with Crippen molar-refractivity contribution in [1.82, 2.24) is 15.2 Å². The smallest absolute Gasteiger partial charge is 0.340 e. The number of hydrogen-bond acceptors (Lipinski definition) is 5. The number of H-pyrrole nitrogens is 1.